The Bertz CT molecular complexity index is 1370. The lowest BCUT2D eigenvalue weighted by Gasteiger charge is -2.20. The van der Waals surface area contributed by atoms with E-state index in [1.807, 2.05) is 26.0 Å². The number of carboxylic acids is 1. The molecule has 5 heteroatoms. The number of aryl methyl sites for hydroxylation is 3. The highest BCUT2D eigenvalue weighted by Gasteiger charge is 2.25. The molecule has 1 saturated heterocycles. The summed E-state index contributed by atoms with van der Waals surface area (Å²) in [5.74, 6) is -0.559. The maximum atomic E-state index is 14.2. The second-order valence-corrected chi connectivity index (χ2v) is 11.2. The van der Waals surface area contributed by atoms with Crippen molar-refractivity contribution in [2.24, 2.45) is 5.92 Å². The molecule has 1 fully saturated rings. The number of allylic oxidation sites excluding steroid dienone is 1. The third-order valence-electron chi connectivity index (χ3n) is 8.34. The van der Waals surface area contributed by atoms with Gasteiger partial charge in [-0.05, 0) is 139 Å². The quantitative estimate of drug-likeness (QED) is 0.326. The van der Waals surface area contributed by atoms with Crippen LogP contribution in [-0.2, 0) is 12.8 Å². The largest absolute Gasteiger partial charge is 0.478 e. The van der Waals surface area contributed by atoms with E-state index in [2.05, 4.69) is 29.2 Å². The Morgan fingerprint density at radius 2 is 1.77 bits per heavy atom. The fraction of sp³-hybridized carbons (Fsp3) is 0.382. The third kappa shape index (κ3) is 5.99. The highest BCUT2D eigenvalue weighted by Crippen LogP contribution is 2.42. The highest BCUT2D eigenvalue weighted by atomic mass is 19.1. The van der Waals surface area contributed by atoms with Crippen LogP contribution in [-0.4, -0.2) is 42.3 Å². The first-order valence-corrected chi connectivity index (χ1v) is 14.1. The zero-order chi connectivity index (χ0) is 27.5. The molecule has 5 rings (SSSR count). The van der Waals surface area contributed by atoms with Crippen LogP contribution in [0.2, 0.25) is 0 Å². The Balaban J connectivity index is 1.54. The topological polar surface area (TPSA) is 40.5 Å². The number of alkyl halides is 1. The number of nitrogens with zero attached hydrogens (tertiary/aromatic N) is 1. The van der Waals surface area contributed by atoms with Gasteiger partial charge in [-0.25, -0.2) is 9.18 Å². The van der Waals surface area contributed by atoms with E-state index in [-0.39, 0.29) is 12.5 Å². The number of likely N-dealkylation sites (tertiary alicyclic amines) is 1. The molecule has 0 spiro atoms. The highest BCUT2D eigenvalue weighted by molar-refractivity contribution is 6.01. The van der Waals surface area contributed by atoms with Gasteiger partial charge in [0.05, 0.1) is 12.2 Å². The normalized spacial score (nSPS) is 17.8. The number of carboxylic acid groups (broad SMARTS) is 1. The number of rotatable bonds is 8. The number of halogens is 2. The molecule has 2 aliphatic rings. The van der Waals surface area contributed by atoms with Crippen LogP contribution in [0.25, 0.3) is 11.1 Å². The second kappa shape index (κ2) is 11.8. The minimum absolute atomic E-state index is 0.226. The Labute approximate surface area is 230 Å². The first-order valence-electron chi connectivity index (χ1n) is 14.1. The van der Waals surface area contributed by atoms with E-state index in [9.17, 15) is 18.7 Å². The molecule has 1 aliphatic carbocycles. The van der Waals surface area contributed by atoms with E-state index >= 15 is 0 Å². The molecule has 39 heavy (non-hydrogen) atoms. The average Bonchev–Trinajstić information content (AvgIpc) is 3.26. The number of hydrogen-bond acceptors (Lipinski definition) is 2. The molecule has 0 bridgehead atoms. The van der Waals surface area contributed by atoms with Crippen LogP contribution in [0.5, 0.6) is 0 Å². The van der Waals surface area contributed by atoms with Crippen molar-refractivity contribution in [2.75, 3.05) is 26.3 Å². The minimum atomic E-state index is -0.919. The van der Waals surface area contributed by atoms with Crippen LogP contribution in [0, 0.1) is 25.6 Å². The molecule has 0 amide bonds. The Morgan fingerprint density at radius 1 is 1.03 bits per heavy atom. The molecule has 0 saturated carbocycles. The molecule has 0 radical (unpaired) electrons. The lowest BCUT2D eigenvalue weighted by atomic mass is 9.84. The monoisotopic (exact) mass is 529 g/mol. The summed E-state index contributed by atoms with van der Waals surface area (Å²) >= 11 is 0. The molecule has 3 nitrogen and oxygen atoms in total. The standard InChI is InChI=1S/C34H37F2NO2/c1-22-17-29(36)18-23(2)32(22)31-6-3-5-27-20-28(34(38)39)11-12-30(27)33(31)26-9-7-24(8-10-26)19-25-13-16-37(21-25)15-4-14-35/h7-12,17-18,20,25H,3-6,13-16,19,21H2,1-2H3,(H,38,39). The van der Waals surface area contributed by atoms with Gasteiger partial charge >= 0.3 is 5.97 Å². The van der Waals surface area contributed by atoms with E-state index in [4.69, 9.17) is 0 Å². The van der Waals surface area contributed by atoms with Gasteiger partial charge in [-0.2, -0.15) is 0 Å². The van der Waals surface area contributed by atoms with Crippen molar-refractivity contribution < 1.29 is 18.7 Å². The predicted molar refractivity (Wildman–Crippen MR) is 153 cm³/mol. The Kier molecular flexibility index (Phi) is 8.27. The minimum Gasteiger partial charge on any atom is -0.478 e. The number of fused-ring (bicyclic) bond motifs is 1. The zero-order valence-corrected chi connectivity index (χ0v) is 22.9. The van der Waals surface area contributed by atoms with Crippen LogP contribution < -0.4 is 0 Å². The lowest BCUT2D eigenvalue weighted by molar-refractivity contribution is 0.0696. The molecular weight excluding hydrogens is 492 g/mol. The first kappa shape index (κ1) is 27.3. The van der Waals surface area contributed by atoms with Gasteiger partial charge in [0.1, 0.15) is 5.82 Å². The summed E-state index contributed by atoms with van der Waals surface area (Å²) in [4.78, 5) is 14.1. The summed E-state index contributed by atoms with van der Waals surface area (Å²) in [6.45, 7) is 6.60. The van der Waals surface area contributed by atoms with E-state index in [1.165, 1.54) is 11.1 Å². The lowest BCUT2D eigenvalue weighted by Crippen LogP contribution is -2.22. The van der Waals surface area contributed by atoms with E-state index in [0.717, 1.165) is 90.7 Å². The third-order valence-corrected chi connectivity index (χ3v) is 8.34. The molecule has 0 aromatic heterocycles. The van der Waals surface area contributed by atoms with Crippen molar-refractivity contribution in [1.82, 2.24) is 4.90 Å². The van der Waals surface area contributed by atoms with E-state index in [1.54, 1.807) is 18.2 Å². The van der Waals surface area contributed by atoms with Crippen molar-refractivity contribution in [2.45, 2.75) is 52.4 Å². The van der Waals surface area contributed by atoms with Crippen molar-refractivity contribution in [3.8, 4) is 0 Å². The summed E-state index contributed by atoms with van der Waals surface area (Å²) in [5, 5.41) is 9.61. The fourth-order valence-corrected chi connectivity index (χ4v) is 6.59. The molecule has 1 heterocycles. The molecule has 3 aromatic carbocycles. The van der Waals surface area contributed by atoms with Crippen LogP contribution >= 0.6 is 0 Å². The maximum absolute atomic E-state index is 14.2. The number of benzene rings is 3. The average molecular weight is 530 g/mol. The maximum Gasteiger partial charge on any atom is 0.335 e. The molecule has 3 aromatic rings. The van der Waals surface area contributed by atoms with Gasteiger partial charge in [0.15, 0.2) is 0 Å². The van der Waals surface area contributed by atoms with Crippen molar-refractivity contribution in [3.05, 3.63) is 105 Å². The van der Waals surface area contributed by atoms with Gasteiger partial charge in [-0.15, -0.1) is 0 Å². The molecule has 1 aliphatic heterocycles. The van der Waals surface area contributed by atoms with Crippen molar-refractivity contribution in [3.63, 3.8) is 0 Å². The summed E-state index contributed by atoms with van der Waals surface area (Å²) < 4.78 is 26.8. The Morgan fingerprint density at radius 3 is 2.46 bits per heavy atom. The molecular formula is C34H37F2NO2. The zero-order valence-electron chi connectivity index (χ0n) is 22.9. The van der Waals surface area contributed by atoms with Crippen LogP contribution in [0.3, 0.4) is 0 Å². The molecule has 1 atom stereocenters. The van der Waals surface area contributed by atoms with Gasteiger partial charge in [-0.1, -0.05) is 30.3 Å². The van der Waals surface area contributed by atoms with Gasteiger partial charge in [0, 0.05) is 13.1 Å². The summed E-state index contributed by atoms with van der Waals surface area (Å²) in [5.41, 5.74) is 10.0. The number of hydrogen-bond donors (Lipinski definition) is 1. The van der Waals surface area contributed by atoms with Gasteiger partial charge in [-0.3, -0.25) is 4.39 Å². The summed E-state index contributed by atoms with van der Waals surface area (Å²) in [7, 11) is 0. The van der Waals surface area contributed by atoms with Crippen LogP contribution in [0.15, 0.2) is 54.6 Å². The summed E-state index contributed by atoms with van der Waals surface area (Å²) in [6.07, 6.45) is 5.28. The van der Waals surface area contributed by atoms with Gasteiger partial charge in [0.25, 0.3) is 0 Å². The van der Waals surface area contributed by atoms with E-state index < -0.39 is 5.97 Å². The second-order valence-electron chi connectivity index (χ2n) is 11.2. The fourth-order valence-electron chi connectivity index (χ4n) is 6.59. The van der Waals surface area contributed by atoms with Crippen LogP contribution in [0.4, 0.5) is 8.78 Å². The Hall–Kier alpha value is -3.31. The predicted octanol–water partition coefficient (Wildman–Crippen LogP) is 7.66. The van der Waals surface area contributed by atoms with Crippen molar-refractivity contribution in [1.29, 1.82) is 0 Å². The molecule has 204 valence electrons. The van der Waals surface area contributed by atoms with Crippen LogP contribution in [0.1, 0.15) is 75.0 Å². The van der Waals surface area contributed by atoms with Gasteiger partial charge in [0.2, 0.25) is 0 Å². The number of aromatic carboxylic acids is 1. The SMILES string of the molecule is Cc1cc(F)cc(C)c1C1=C(c2ccc(CC3CCN(CCCF)C3)cc2)c2ccc(C(=O)O)cc2CCC1. The molecule has 1 N–H and O–H groups in total. The summed E-state index contributed by atoms with van der Waals surface area (Å²) in [6, 6.07) is 17.5. The first-order chi connectivity index (χ1) is 18.8. The van der Waals surface area contributed by atoms with Crippen molar-refractivity contribution >= 4 is 17.1 Å². The molecule has 1 unspecified atom stereocenters. The van der Waals surface area contributed by atoms with Gasteiger partial charge < -0.3 is 10.0 Å². The van der Waals surface area contributed by atoms with E-state index in [0.29, 0.717) is 17.9 Å². The smallest absolute Gasteiger partial charge is 0.335 e. The number of carbonyl (C=O) groups is 1.